The number of carbonyl (C=O) groups excluding carboxylic acids is 1. The van der Waals surface area contributed by atoms with Crippen molar-refractivity contribution in [3.8, 4) is 0 Å². The van der Waals surface area contributed by atoms with Crippen LogP contribution in [0, 0.1) is 18.6 Å². The van der Waals surface area contributed by atoms with Crippen LogP contribution in [0.25, 0.3) is 0 Å². The predicted molar refractivity (Wildman–Crippen MR) is 93.0 cm³/mol. The molecule has 8 heteroatoms. The van der Waals surface area contributed by atoms with Gasteiger partial charge in [0.15, 0.2) is 11.6 Å². The fraction of sp³-hybridized carbons (Fsp3) is 0.235. The highest BCUT2D eigenvalue weighted by Crippen LogP contribution is 2.24. The monoisotopic (exact) mass is 368 g/mol. The van der Waals surface area contributed by atoms with E-state index in [1.54, 1.807) is 18.2 Å². The van der Waals surface area contributed by atoms with Crippen molar-refractivity contribution in [1.82, 2.24) is 0 Å². The Bertz CT molecular complexity index is 901. The lowest BCUT2D eigenvalue weighted by atomic mass is 10.2. The first-order valence-corrected chi connectivity index (χ1v) is 9.26. The first-order valence-electron chi connectivity index (χ1n) is 7.41. The minimum atomic E-state index is -3.91. The first-order chi connectivity index (χ1) is 11.6. The maximum Gasteiger partial charge on any atom is 0.247 e. The van der Waals surface area contributed by atoms with Gasteiger partial charge >= 0.3 is 0 Å². The number of anilines is 2. The SMILES string of the molecule is Cc1cccc(NC(=O)[C@H](C)N(c2ccc(F)c(F)c2)S(C)(=O)=O)c1. The highest BCUT2D eigenvalue weighted by atomic mass is 32.2. The molecule has 25 heavy (non-hydrogen) atoms. The molecular weight excluding hydrogens is 350 g/mol. The van der Waals surface area contributed by atoms with E-state index in [0.717, 1.165) is 34.3 Å². The van der Waals surface area contributed by atoms with E-state index >= 15 is 0 Å². The van der Waals surface area contributed by atoms with Crippen LogP contribution in [0.3, 0.4) is 0 Å². The molecular formula is C17H18F2N2O3S. The molecule has 2 rings (SSSR count). The summed E-state index contributed by atoms with van der Waals surface area (Å²) in [5.41, 5.74) is 1.30. The molecule has 0 heterocycles. The second-order valence-electron chi connectivity index (χ2n) is 5.69. The van der Waals surface area contributed by atoms with Crippen LogP contribution in [-0.2, 0) is 14.8 Å². The van der Waals surface area contributed by atoms with Crippen molar-refractivity contribution in [3.05, 3.63) is 59.7 Å². The van der Waals surface area contributed by atoms with Crippen molar-refractivity contribution in [2.45, 2.75) is 19.9 Å². The minimum absolute atomic E-state index is 0.131. The molecule has 0 fully saturated rings. The summed E-state index contributed by atoms with van der Waals surface area (Å²) in [6, 6.07) is 8.49. The lowest BCUT2D eigenvalue weighted by Gasteiger charge is -2.28. The number of rotatable bonds is 5. The summed E-state index contributed by atoms with van der Waals surface area (Å²) in [7, 11) is -3.91. The summed E-state index contributed by atoms with van der Waals surface area (Å²) in [5, 5.41) is 2.62. The second kappa shape index (κ2) is 7.18. The Hall–Kier alpha value is -2.48. The third-order valence-electron chi connectivity index (χ3n) is 3.53. The van der Waals surface area contributed by atoms with Crippen molar-refractivity contribution in [2.75, 3.05) is 15.9 Å². The van der Waals surface area contributed by atoms with Crippen LogP contribution in [-0.4, -0.2) is 26.6 Å². The fourth-order valence-corrected chi connectivity index (χ4v) is 3.57. The number of sulfonamides is 1. The number of amides is 1. The van der Waals surface area contributed by atoms with Crippen molar-refractivity contribution in [2.24, 2.45) is 0 Å². The lowest BCUT2D eigenvalue weighted by Crippen LogP contribution is -2.45. The van der Waals surface area contributed by atoms with E-state index in [1.165, 1.54) is 6.92 Å². The Morgan fingerprint density at radius 2 is 1.80 bits per heavy atom. The predicted octanol–water partition coefficient (Wildman–Crippen LogP) is 3.07. The van der Waals surface area contributed by atoms with E-state index in [9.17, 15) is 22.0 Å². The molecule has 134 valence electrons. The molecule has 0 saturated carbocycles. The lowest BCUT2D eigenvalue weighted by molar-refractivity contribution is -0.116. The van der Waals surface area contributed by atoms with Gasteiger partial charge in [0.2, 0.25) is 15.9 Å². The zero-order valence-corrected chi connectivity index (χ0v) is 14.8. The molecule has 1 atom stereocenters. The molecule has 0 radical (unpaired) electrons. The maximum atomic E-state index is 13.5. The number of hydrogen-bond donors (Lipinski definition) is 1. The van der Waals surface area contributed by atoms with Crippen molar-refractivity contribution in [1.29, 1.82) is 0 Å². The van der Waals surface area contributed by atoms with Gasteiger partial charge in [-0.05, 0) is 43.7 Å². The Balaban J connectivity index is 2.34. The summed E-state index contributed by atoms with van der Waals surface area (Å²) < 4.78 is 51.6. The summed E-state index contributed by atoms with van der Waals surface area (Å²) >= 11 is 0. The van der Waals surface area contributed by atoms with Gasteiger partial charge in [0.1, 0.15) is 6.04 Å². The molecule has 1 N–H and O–H groups in total. The molecule has 2 aromatic rings. The number of benzene rings is 2. The van der Waals surface area contributed by atoms with Gasteiger partial charge < -0.3 is 5.32 Å². The van der Waals surface area contributed by atoms with Crippen LogP contribution in [0.4, 0.5) is 20.2 Å². The number of halogens is 2. The van der Waals surface area contributed by atoms with E-state index in [1.807, 2.05) is 13.0 Å². The summed E-state index contributed by atoms with van der Waals surface area (Å²) in [5.74, 6) is -2.90. The van der Waals surface area contributed by atoms with E-state index in [-0.39, 0.29) is 5.69 Å². The van der Waals surface area contributed by atoms with Gasteiger partial charge in [0.25, 0.3) is 0 Å². The summed E-state index contributed by atoms with van der Waals surface area (Å²) in [6.45, 7) is 3.22. The fourth-order valence-electron chi connectivity index (χ4n) is 2.40. The molecule has 0 saturated heterocycles. The van der Waals surface area contributed by atoms with Crippen molar-refractivity contribution >= 4 is 27.3 Å². The van der Waals surface area contributed by atoms with Crippen LogP contribution in [0.1, 0.15) is 12.5 Å². The average Bonchev–Trinajstić information content (AvgIpc) is 2.49. The third kappa shape index (κ3) is 4.54. The van der Waals surface area contributed by atoms with Crippen LogP contribution in [0.5, 0.6) is 0 Å². The molecule has 0 aromatic heterocycles. The van der Waals surface area contributed by atoms with E-state index in [4.69, 9.17) is 0 Å². The molecule has 0 bridgehead atoms. The largest absolute Gasteiger partial charge is 0.324 e. The number of nitrogens with zero attached hydrogens (tertiary/aromatic N) is 1. The van der Waals surface area contributed by atoms with Crippen LogP contribution in [0.15, 0.2) is 42.5 Å². The molecule has 1 amide bonds. The van der Waals surface area contributed by atoms with Crippen LogP contribution >= 0.6 is 0 Å². The first kappa shape index (κ1) is 18.9. The average molecular weight is 368 g/mol. The van der Waals surface area contributed by atoms with Gasteiger partial charge in [0.05, 0.1) is 11.9 Å². The number of hydrogen-bond acceptors (Lipinski definition) is 3. The topological polar surface area (TPSA) is 66.5 Å². The number of carbonyl (C=O) groups is 1. The van der Waals surface area contributed by atoms with Crippen LogP contribution < -0.4 is 9.62 Å². The Morgan fingerprint density at radius 3 is 2.36 bits per heavy atom. The quantitative estimate of drug-likeness (QED) is 0.882. The van der Waals surface area contributed by atoms with Gasteiger partial charge in [-0.1, -0.05) is 12.1 Å². The number of nitrogens with one attached hydrogen (secondary N) is 1. The Labute approximate surface area is 145 Å². The molecule has 0 spiro atoms. The molecule has 5 nitrogen and oxygen atoms in total. The van der Waals surface area contributed by atoms with Gasteiger partial charge in [-0.15, -0.1) is 0 Å². The van der Waals surface area contributed by atoms with Gasteiger partial charge in [-0.25, -0.2) is 17.2 Å². The van der Waals surface area contributed by atoms with Gasteiger partial charge in [-0.2, -0.15) is 0 Å². The van der Waals surface area contributed by atoms with Gasteiger partial charge in [0, 0.05) is 11.8 Å². The Kier molecular flexibility index (Phi) is 5.42. The van der Waals surface area contributed by atoms with E-state index < -0.39 is 33.6 Å². The highest BCUT2D eigenvalue weighted by Gasteiger charge is 2.29. The zero-order chi connectivity index (χ0) is 18.8. The van der Waals surface area contributed by atoms with E-state index in [2.05, 4.69) is 5.32 Å². The standard InChI is InChI=1S/C17H18F2N2O3S/c1-11-5-4-6-13(9-11)20-17(22)12(2)21(25(3,23)24)14-7-8-15(18)16(19)10-14/h4-10,12H,1-3H3,(H,20,22)/t12-/m0/s1. The zero-order valence-electron chi connectivity index (χ0n) is 14.0. The smallest absolute Gasteiger partial charge is 0.247 e. The highest BCUT2D eigenvalue weighted by molar-refractivity contribution is 7.92. The summed E-state index contributed by atoms with van der Waals surface area (Å²) in [6.07, 6.45) is 0.894. The van der Waals surface area contributed by atoms with Gasteiger partial charge in [-0.3, -0.25) is 9.10 Å². The number of aryl methyl sites for hydroxylation is 1. The van der Waals surface area contributed by atoms with Crippen LogP contribution in [0.2, 0.25) is 0 Å². The third-order valence-corrected chi connectivity index (χ3v) is 4.77. The minimum Gasteiger partial charge on any atom is -0.324 e. The van der Waals surface area contributed by atoms with Crippen molar-refractivity contribution in [3.63, 3.8) is 0 Å². The molecule has 0 unspecified atom stereocenters. The normalized spacial score (nSPS) is 12.5. The Morgan fingerprint density at radius 1 is 1.12 bits per heavy atom. The second-order valence-corrected chi connectivity index (χ2v) is 7.55. The maximum absolute atomic E-state index is 13.5. The summed E-state index contributed by atoms with van der Waals surface area (Å²) in [4.78, 5) is 12.5. The molecule has 2 aromatic carbocycles. The molecule has 0 aliphatic heterocycles. The molecule has 0 aliphatic rings. The van der Waals surface area contributed by atoms with E-state index in [0.29, 0.717) is 5.69 Å². The van der Waals surface area contributed by atoms with Crippen molar-refractivity contribution < 1.29 is 22.0 Å². The molecule has 0 aliphatic carbocycles.